The summed E-state index contributed by atoms with van der Waals surface area (Å²) < 4.78 is 3.67. The lowest BCUT2D eigenvalue weighted by Gasteiger charge is -2.01. The number of hydrogen-bond donors (Lipinski definition) is 0. The van der Waals surface area contributed by atoms with Crippen LogP contribution < -0.4 is 5.69 Å². The summed E-state index contributed by atoms with van der Waals surface area (Å²) in [5.41, 5.74) is 2.13. The molecule has 1 heterocycles. The minimum absolute atomic E-state index is 0.0864. The van der Waals surface area contributed by atoms with Crippen LogP contribution in [0.1, 0.15) is 19.8 Å². The summed E-state index contributed by atoms with van der Waals surface area (Å²) in [5.74, 6) is 0.654. The van der Waals surface area contributed by atoms with Gasteiger partial charge in [0.1, 0.15) is 0 Å². The minimum atomic E-state index is 0.0864. The van der Waals surface area contributed by atoms with Crippen molar-refractivity contribution in [2.45, 2.75) is 32.9 Å². The van der Waals surface area contributed by atoms with Gasteiger partial charge in [0.05, 0.1) is 11.0 Å². The zero-order chi connectivity index (χ0) is 12.3. The van der Waals surface area contributed by atoms with Gasteiger partial charge in [-0.2, -0.15) is 0 Å². The predicted octanol–water partition coefficient (Wildman–Crippen LogP) is 2.84. The number of unbranched alkanes of at least 4 members (excludes halogenated alkanes) is 1. The lowest BCUT2D eigenvalue weighted by atomic mass is 10.3. The zero-order valence-corrected chi connectivity index (χ0v) is 10.8. The van der Waals surface area contributed by atoms with Crippen molar-refractivity contribution in [3.8, 4) is 0 Å². The van der Waals surface area contributed by atoms with E-state index in [9.17, 15) is 4.79 Å². The molecule has 17 heavy (non-hydrogen) atoms. The minimum Gasteiger partial charge on any atom is -0.292 e. The van der Waals surface area contributed by atoms with Gasteiger partial charge in [0.25, 0.3) is 0 Å². The molecule has 0 atom stereocenters. The third-order valence-electron chi connectivity index (χ3n) is 3.01. The van der Waals surface area contributed by atoms with Gasteiger partial charge < -0.3 is 0 Å². The highest BCUT2D eigenvalue weighted by Gasteiger charge is 2.10. The van der Waals surface area contributed by atoms with Crippen molar-refractivity contribution in [2.24, 2.45) is 0 Å². The van der Waals surface area contributed by atoms with Crippen LogP contribution in [0.3, 0.4) is 0 Å². The van der Waals surface area contributed by atoms with Crippen LogP contribution >= 0.6 is 11.6 Å². The van der Waals surface area contributed by atoms with Crippen LogP contribution in [-0.4, -0.2) is 15.0 Å². The molecular weight excluding hydrogens is 236 g/mol. The standard InChI is InChI=1S/C13H17ClN2O/c1-2-15-11-7-3-4-8-12(11)16(13(15)17)10-6-5-9-14/h3-4,7-8H,2,5-6,9-10H2,1H3. The van der Waals surface area contributed by atoms with Crippen molar-refractivity contribution in [3.63, 3.8) is 0 Å². The van der Waals surface area contributed by atoms with Crippen molar-refractivity contribution < 1.29 is 0 Å². The first-order chi connectivity index (χ1) is 8.29. The first-order valence-corrected chi connectivity index (χ1v) is 6.57. The number of halogens is 1. The van der Waals surface area contributed by atoms with Crippen molar-refractivity contribution in [1.29, 1.82) is 0 Å². The summed E-state index contributed by atoms with van der Waals surface area (Å²) in [6.45, 7) is 3.46. The highest BCUT2D eigenvalue weighted by molar-refractivity contribution is 6.17. The second-order valence-corrected chi connectivity index (χ2v) is 4.44. The molecule has 4 heteroatoms. The molecule has 0 amide bonds. The van der Waals surface area contributed by atoms with Crippen molar-refractivity contribution >= 4 is 22.6 Å². The van der Waals surface area contributed by atoms with Gasteiger partial charge in [-0.3, -0.25) is 9.13 Å². The molecule has 0 radical (unpaired) electrons. The topological polar surface area (TPSA) is 26.9 Å². The van der Waals surface area contributed by atoms with E-state index in [-0.39, 0.29) is 5.69 Å². The zero-order valence-electron chi connectivity index (χ0n) is 10.0. The molecular formula is C13H17ClN2O. The Labute approximate surface area is 106 Å². The van der Waals surface area contributed by atoms with E-state index in [1.54, 1.807) is 0 Å². The lowest BCUT2D eigenvalue weighted by molar-refractivity contribution is 0.603. The largest absolute Gasteiger partial charge is 0.329 e. The lowest BCUT2D eigenvalue weighted by Crippen LogP contribution is -2.23. The van der Waals surface area contributed by atoms with Crippen LogP contribution in [0.15, 0.2) is 29.1 Å². The summed E-state index contributed by atoms with van der Waals surface area (Å²) in [7, 11) is 0. The first-order valence-electron chi connectivity index (χ1n) is 6.03. The number of rotatable bonds is 5. The summed E-state index contributed by atoms with van der Waals surface area (Å²) in [5, 5.41) is 0. The predicted molar refractivity (Wildman–Crippen MR) is 71.8 cm³/mol. The quantitative estimate of drug-likeness (QED) is 0.594. The Morgan fingerprint density at radius 2 is 1.76 bits per heavy atom. The van der Waals surface area contributed by atoms with E-state index in [1.165, 1.54) is 0 Å². The van der Waals surface area contributed by atoms with Crippen LogP contribution in [-0.2, 0) is 13.1 Å². The SMILES string of the molecule is CCn1c(=O)n(CCCCCl)c2ccccc21. The van der Waals surface area contributed by atoms with E-state index < -0.39 is 0 Å². The van der Waals surface area contributed by atoms with Gasteiger partial charge >= 0.3 is 5.69 Å². The number of aromatic nitrogens is 2. The fourth-order valence-corrected chi connectivity index (χ4v) is 2.35. The molecule has 3 nitrogen and oxygen atoms in total. The normalized spacial score (nSPS) is 11.2. The fourth-order valence-electron chi connectivity index (χ4n) is 2.16. The molecule has 2 aromatic rings. The second-order valence-electron chi connectivity index (χ2n) is 4.06. The Hall–Kier alpha value is -1.22. The average molecular weight is 253 g/mol. The Morgan fingerprint density at radius 3 is 2.35 bits per heavy atom. The van der Waals surface area contributed by atoms with Gasteiger partial charge in [0, 0.05) is 19.0 Å². The first kappa shape index (κ1) is 12.2. The summed E-state index contributed by atoms with van der Waals surface area (Å²) >= 11 is 5.67. The van der Waals surface area contributed by atoms with Gasteiger partial charge in [0.2, 0.25) is 0 Å². The third kappa shape index (κ3) is 2.25. The second kappa shape index (κ2) is 5.41. The molecule has 1 aromatic heterocycles. The molecule has 0 aliphatic carbocycles. The highest BCUT2D eigenvalue weighted by Crippen LogP contribution is 2.13. The molecule has 0 N–H and O–H groups in total. The molecule has 1 aromatic carbocycles. The molecule has 0 saturated heterocycles. The molecule has 0 spiro atoms. The van der Waals surface area contributed by atoms with Crippen LogP contribution in [0.2, 0.25) is 0 Å². The molecule has 0 aliphatic rings. The van der Waals surface area contributed by atoms with Gasteiger partial charge in [0.15, 0.2) is 0 Å². The molecule has 0 bridgehead atoms. The fraction of sp³-hybridized carbons (Fsp3) is 0.462. The van der Waals surface area contributed by atoms with Gasteiger partial charge in [-0.25, -0.2) is 4.79 Å². The summed E-state index contributed by atoms with van der Waals surface area (Å²) in [6, 6.07) is 7.94. The van der Waals surface area contributed by atoms with E-state index >= 15 is 0 Å². The number of fused-ring (bicyclic) bond motifs is 1. The average Bonchev–Trinajstić information content (AvgIpc) is 2.62. The van der Waals surface area contributed by atoms with Gasteiger partial charge in [-0.15, -0.1) is 11.6 Å². The summed E-state index contributed by atoms with van der Waals surface area (Å²) in [6.07, 6.45) is 1.89. The number of aryl methyl sites for hydroxylation is 2. The Kier molecular flexibility index (Phi) is 3.89. The summed E-state index contributed by atoms with van der Waals surface area (Å²) in [4.78, 5) is 12.2. The van der Waals surface area contributed by atoms with Crippen molar-refractivity contribution in [2.75, 3.05) is 5.88 Å². The monoisotopic (exact) mass is 252 g/mol. The number of para-hydroxylation sites is 2. The van der Waals surface area contributed by atoms with Gasteiger partial charge in [-0.1, -0.05) is 12.1 Å². The van der Waals surface area contributed by atoms with Crippen LogP contribution in [0.5, 0.6) is 0 Å². The maximum absolute atomic E-state index is 12.2. The highest BCUT2D eigenvalue weighted by atomic mass is 35.5. The molecule has 92 valence electrons. The van der Waals surface area contributed by atoms with E-state index in [1.807, 2.05) is 40.3 Å². The van der Waals surface area contributed by atoms with E-state index in [0.717, 1.165) is 30.4 Å². The Morgan fingerprint density at radius 1 is 1.12 bits per heavy atom. The number of hydrogen-bond acceptors (Lipinski definition) is 1. The molecule has 0 aliphatic heterocycles. The van der Waals surface area contributed by atoms with Gasteiger partial charge in [-0.05, 0) is 31.9 Å². The number of imidazole rings is 1. The number of nitrogens with zero attached hydrogens (tertiary/aromatic N) is 2. The van der Waals surface area contributed by atoms with Crippen molar-refractivity contribution in [3.05, 3.63) is 34.7 Å². The number of benzene rings is 1. The number of alkyl halides is 1. The van der Waals surface area contributed by atoms with E-state index in [2.05, 4.69) is 0 Å². The van der Waals surface area contributed by atoms with Crippen LogP contribution in [0, 0.1) is 0 Å². The van der Waals surface area contributed by atoms with Crippen LogP contribution in [0.4, 0.5) is 0 Å². The van der Waals surface area contributed by atoms with E-state index in [4.69, 9.17) is 11.6 Å². The van der Waals surface area contributed by atoms with Crippen molar-refractivity contribution in [1.82, 2.24) is 9.13 Å². The Bertz CT molecular complexity index is 556. The van der Waals surface area contributed by atoms with Crippen LogP contribution in [0.25, 0.3) is 11.0 Å². The maximum Gasteiger partial charge on any atom is 0.329 e. The van der Waals surface area contributed by atoms with E-state index in [0.29, 0.717) is 12.4 Å². The smallest absolute Gasteiger partial charge is 0.292 e. The molecule has 0 unspecified atom stereocenters. The Balaban J connectivity index is 2.47. The third-order valence-corrected chi connectivity index (χ3v) is 3.27. The molecule has 0 saturated carbocycles. The molecule has 0 fully saturated rings. The maximum atomic E-state index is 12.2. The molecule has 2 rings (SSSR count).